The molecule has 2 aromatic carbocycles. The molecule has 3 aliphatic rings. The highest BCUT2D eigenvalue weighted by atomic mass is 16.7. The van der Waals surface area contributed by atoms with Gasteiger partial charge in [0.2, 0.25) is 12.7 Å². The normalized spacial score (nSPS) is 20.7. The number of nitrogens with one attached hydrogen (secondary N) is 1. The van der Waals surface area contributed by atoms with E-state index in [0.717, 1.165) is 12.0 Å². The van der Waals surface area contributed by atoms with E-state index in [9.17, 15) is 14.4 Å². The van der Waals surface area contributed by atoms with Crippen LogP contribution in [0.4, 0.5) is 0 Å². The van der Waals surface area contributed by atoms with E-state index < -0.39 is 11.8 Å². The molecule has 0 radical (unpaired) electrons. The third kappa shape index (κ3) is 4.75. The first-order chi connectivity index (χ1) is 17.8. The van der Waals surface area contributed by atoms with Crippen molar-refractivity contribution in [2.75, 3.05) is 26.5 Å². The van der Waals surface area contributed by atoms with Gasteiger partial charge < -0.3 is 24.4 Å². The zero-order valence-electron chi connectivity index (χ0n) is 21.5. The first-order valence-corrected chi connectivity index (χ1v) is 12.8. The molecule has 2 saturated heterocycles. The van der Waals surface area contributed by atoms with Gasteiger partial charge in [0.1, 0.15) is 11.8 Å². The predicted octanol–water partition coefficient (Wildman–Crippen LogP) is 3.11. The van der Waals surface area contributed by atoms with Crippen molar-refractivity contribution >= 4 is 17.7 Å². The summed E-state index contributed by atoms with van der Waals surface area (Å²) in [5, 5.41) is 3.01. The van der Waals surface area contributed by atoms with Crippen LogP contribution in [0, 0.1) is 6.92 Å². The van der Waals surface area contributed by atoms with Gasteiger partial charge in [-0.05, 0) is 50.6 Å². The molecule has 0 aromatic heterocycles. The minimum absolute atomic E-state index is 0.0125. The summed E-state index contributed by atoms with van der Waals surface area (Å²) >= 11 is 0. The predicted molar refractivity (Wildman–Crippen MR) is 135 cm³/mol. The number of hydrogen-bond donors (Lipinski definition) is 1. The molecular formula is C28H33N3O6. The molecule has 3 heterocycles. The fourth-order valence-corrected chi connectivity index (χ4v) is 5.11. The van der Waals surface area contributed by atoms with Crippen LogP contribution in [-0.4, -0.2) is 71.8 Å². The quantitative estimate of drug-likeness (QED) is 0.668. The maximum atomic E-state index is 13.8. The fourth-order valence-electron chi connectivity index (χ4n) is 5.11. The average Bonchev–Trinajstić information content (AvgIpc) is 3.53. The summed E-state index contributed by atoms with van der Waals surface area (Å²) in [5.41, 5.74) is 1.12. The highest BCUT2D eigenvalue weighted by molar-refractivity contribution is 5.99. The number of carbonyl (C=O) groups is 3. The molecule has 37 heavy (non-hydrogen) atoms. The third-order valence-corrected chi connectivity index (χ3v) is 7.53. The minimum Gasteiger partial charge on any atom is -0.454 e. The van der Waals surface area contributed by atoms with E-state index in [2.05, 4.69) is 5.32 Å². The second-order valence-electron chi connectivity index (χ2n) is 9.99. The standard InChI is InChI=1S/C28H33N3O6/c1-4-19(3)29-25(32)22-16-37-28(31(22)27(34)20-7-5-18(2)6-8-20)11-13-30(14-12-28)26(33)21-9-10-23-24(15-21)36-17-35-23/h5-10,15,19,22H,4,11-14,16-17H2,1-3H3,(H,29,32)/t19-,22-/m0/s1. The SMILES string of the molecule is CC[C@H](C)NC(=O)[C@@H]1COC2(CCN(C(=O)c3ccc4c(c3)OCO4)CC2)N1C(=O)c1ccc(C)cc1. The maximum absolute atomic E-state index is 13.8. The number of carbonyl (C=O) groups excluding carboxylic acids is 3. The van der Waals surface area contributed by atoms with Crippen LogP contribution >= 0.6 is 0 Å². The van der Waals surface area contributed by atoms with E-state index in [-0.39, 0.29) is 37.2 Å². The number of rotatable bonds is 5. The summed E-state index contributed by atoms with van der Waals surface area (Å²) in [7, 11) is 0. The zero-order valence-corrected chi connectivity index (χ0v) is 21.5. The van der Waals surface area contributed by atoms with Gasteiger partial charge >= 0.3 is 0 Å². The topological polar surface area (TPSA) is 97.4 Å². The molecule has 1 spiro atoms. The molecule has 1 N–H and O–H groups in total. The van der Waals surface area contributed by atoms with E-state index in [1.54, 1.807) is 40.1 Å². The first kappa shape index (κ1) is 25.1. The van der Waals surface area contributed by atoms with E-state index in [4.69, 9.17) is 14.2 Å². The van der Waals surface area contributed by atoms with Gasteiger partial charge in [-0.2, -0.15) is 0 Å². The summed E-state index contributed by atoms with van der Waals surface area (Å²) < 4.78 is 17.0. The molecule has 0 aliphatic carbocycles. The molecule has 0 bridgehead atoms. The lowest BCUT2D eigenvalue weighted by Crippen LogP contribution is -2.60. The fraction of sp³-hybridized carbons (Fsp3) is 0.464. The van der Waals surface area contributed by atoms with Gasteiger partial charge in [-0.3, -0.25) is 19.3 Å². The summed E-state index contributed by atoms with van der Waals surface area (Å²) in [4.78, 5) is 43.6. The Kier molecular flexibility index (Phi) is 6.81. The minimum atomic E-state index is -0.953. The van der Waals surface area contributed by atoms with E-state index >= 15 is 0 Å². The molecule has 2 aromatic rings. The van der Waals surface area contributed by atoms with Crippen LogP contribution in [-0.2, 0) is 9.53 Å². The smallest absolute Gasteiger partial charge is 0.256 e. The first-order valence-electron chi connectivity index (χ1n) is 12.8. The molecule has 0 saturated carbocycles. The van der Waals surface area contributed by atoms with E-state index in [0.29, 0.717) is 48.6 Å². The molecule has 2 atom stereocenters. The Morgan fingerprint density at radius 2 is 1.68 bits per heavy atom. The van der Waals surface area contributed by atoms with Gasteiger partial charge in [0, 0.05) is 43.1 Å². The van der Waals surface area contributed by atoms with Crippen molar-refractivity contribution in [2.45, 2.75) is 57.8 Å². The number of likely N-dealkylation sites (tertiary alicyclic amines) is 1. The van der Waals surface area contributed by atoms with Crippen molar-refractivity contribution in [1.29, 1.82) is 0 Å². The van der Waals surface area contributed by atoms with Crippen molar-refractivity contribution in [1.82, 2.24) is 15.1 Å². The Labute approximate surface area is 216 Å². The number of aryl methyl sites for hydroxylation is 1. The molecule has 2 fully saturated rings. The van der Waals surface area contributed by atoms with Crippen molar-refractivity contribution in [3.05, 3.63) is 59.2 Å². The monoisotopic (exact) mass is 507 g/mol. The Hall–Kier alpha value is -3.59. The van der Waals surface area contributed by atoms with Gasteiger partial charge in [0.25, 0.3) is 11.8 Å². The second kappa shape index (κ2) is 10.0. The number of piperidine rings is 1. The highest BCUT2D eigenvalue weighted by Gasteiger charge is 2.54. The highest BCUT2D eigenvalue weighted by Crippen LogP contribution is 2.39. The third-order valence-electron chi connectivity index (χ3n) is 7.53. The lowest BCUT2D eigenvalue weighted by atomic mass is 9.95. The number of benzene rings is 2. The zero-order chi connectivity index (χ0) is 26.2. The molecule has 3 amide bonds. The van der Waals surface area contributed by atoms with Crippen LogP contribution in [0.5, 0.6) is 11.5 Å². The molecule has 5 rings (SSSR count). The number of ether oxygens (including phenoxy) is 3. The van der Waals surface area contributed by atoms with Crippen LogP contribution in [0.15, 0.2) is 42.5 Å². The van der Waals surface area contributed by atoms with Crippen LogP contribution in [0.1, 0.15) is 59.4 Å². The number of amides is 3. The van der Waals surface area contributed by atoms with E-state index in [1.807, 2.05) is 32.9 Å². The Bertz CT molecular complexity index is 1190. The van der Waals surface area contributed by atoms with Crippen LogP contribution < -0.4 is 14.8 Å². The second-order valence-corrected chi connectivity index (χ2v) is 9.99. The van der Waals surface area contributed by atoms with Crippen LogP contribution in [0.3, 0.4) is 0 Å². The lowest BCUT2D eigenvalue weighted by Gasteiger charge is -2.44. The van der Waals surface area contributed by atoms with Crippen molar-refractivity contribution in [3.63, 3.8) is 0 Å². The summed E-state index contributed by atoms with van der Waals surface area (Å²) in [5.74, 6) is 0.612. The number of nitrogens with zero attached hydrogens (tertiary/aromatic N) is 2. The molecule has 0 unspecified atom stereocenters. The van der Waals surface area contributed by atoms with E-state index in [1.165, 1.54) is 0 Å². The molecule has 9 heteroatoms. The average molecular weight is 508 g/mol. The lowest BCUT2D eigenvalue weighted by molar-refractivity contribution is -0.128. The molecular weight excluding hydrogens is 474 g/mol. The molecule has 196 valence electrons. The molecule has 9 nitrogen and oxygen atoms in total. The number of fused-ring (bicyclic) bond motifs is 1. The van der Waals surface area contributed by atoms with Crippen LogP contribution in [0.25, 0.3) is 0 Å². The maximum Gasteiger partial charge on any atom is 0.256 e. The summed E-state index contributed by atoms with van der Waals surface area (Å²) in [6.45, 7) is 6.96. The van der Waals surface area contributed by atoms with Crippen LogP contribution in [0.2, 0.25) is 0 Å². The van der Waals surface area contributed by atoms with Crippen molar-refractivity contribution in [3.8, 4) is 11.5 Å². The largest absolute Gasteiger partial charge is 0.454 e. The van der Waals surface area contributed by atoms with Gasteiger partial charge in [-0.1, -0.05) is 24.6 Å². The van der Waals surface area contributed by atoms with Gasteiger partial charge in [-0.25, -0.2) is 0 Å². The Morgan fingerprint density at radius 1 is 1.00 bits per heavy atom. The molecule has 3 aliphatic heterocycles. The number of hydrogen-bond acceptors (Lipinski definition) is 6. The summed E-state index contributed by atoms with van der Waals surface area (Å²) in [6, 6.07) is 11.8. The summed E-state index contributed by atoms with van der Waals surface area (Å²) in [6.07, 6.45) is 1.61. The Morgan fingerprint density at radius 3 is 2.38 bits per heavy atom. The van der Waals surface area contributed by atoms with Gasteiger partial charge in [0.15, 0.2) is 11.5 Å². The van der Waals surface area contributed by atoms with Gasteiger partial charge in [-0.15, -0.1) is 0 Å². The van der Waals surface area contributed by atoms with Crippen molar-refractivity contribution in [2.24, 2.45) is 0 Å². The Balaban J connectivity index is 1.36. The van der Waals surface area contributed by atoms with Crippen molar-refractivity contribution < 1.29 is 28.6 Å². The van der Waals surface area contributed by atoms with Gasteiger partial charge in [0.05, 0.1) is 6.61 Å².